The maximum atomic E-state index is 6.18. The number of hydrogen-bond acceptors (Lipinski definition) is 3. The SMILES string of the molecule is COc1cc(C)c(C(N)CC(C)CN)cc1Cl. The molecule has 0 saturated heterocycles. The molecule has 0 bridgehead atoms. The van der Waals surface area contributed by atoms with E-state index in [-0.39, 0.29) is 6.04 Å². The van der Waals surface area contributed by atoms with Crippen LogP contribution in [0.4, 0.5) is 0 Å². The van der Waals surface area contributed by atoms with Crippen LogP contribution in [0.1, 0.15) is 30.5 Å². The van der Waals surface area contributed by atoms with Crippen LogP contribution in [0, 0.1) is 12.8 Å². The van der Waals surface area contributed by atoms with Crippen LogP contribution in [0.5, 0.6) is 5.75 Å². The molecule has 0 aromatic heterocycles. The zero-order chi connectivity index (χ0) is 13.0. The Morgan fingerprint density at radius 2 is 2.06 bits per heavy atom. The van der Waals surface area contributed by atoms with E-state index < -0.39 is 0 Å². The minimum Gasteiger partial charge on any atom is -0.495 e. The fraction of sp³-hybridized carbons (Fsp3) is 0.538. The van der Waals surface area contributed by atoms with E-state index in [1.807, 2.05) is 19.1 Å². The predicted molar refractivity (Wildman–Crippen MR) is 72.5 cm³/mol. The fourth-order valence-corrected chi connectivity index (χ4v) is 2.13. The average molecular weight is 257 g/mol. The van der Waals surface area contributed by atoms with Crippen LogP contribution >= 0.6 is 11.6 Å². The second-order valence-corrected chi connectivity index (χ2v) is 4.93. The first-order valence-corrected chi connectivity index (χ1v) is 6.17. The zero-order valence-corrected chi connectivity index (χ0v) is 11.4. The number of aryl methyl sites for hydroxylation is 1. The van der Waals surface area contributed by atoms with Crippen molar-refractivity contribution >= 4 is 11.6 Å². The number of rotatable bonds is 5. The first-order chi connectivity index (χ1) is 7.99. The molecule has 1 aromatic carbocycles. The first-order valence-electron chi connectivity index (χ1n) is 5.79. The quantitative estimate of drug-likeness (QED) is 0.851. The monoisotopic (exact) mass is 256 g/mol. The van der Waals surface area contributed by atoms with E-state index in [1.165, 1.54) is 0 Å². The van der Waals surface area contributed by atoms with Gasteiger partial charge in [-0.2, -0.15) is 0 Å². The third kappa shape index (κ3) is 3.60. The van der Waals surface area contributed by atoms with Crippen molar-refractivity contribution in [1.82, 2.24) is 0 Å². The van der Waals surface area contributed by atoms with Crippen molar-refractivity contribution in [2.75, 3.05) is 13.7 Å². The number of halogens is 1. The summed E-state index contributed by atoms with van der Waals surface area (Å²) in [5.41, 5.74) is 14.0. The van der Waals surface area contributed by atoms with Gasteiger partial charge in [-0.1, -0.05) is 18.5 Å². The highest BCUT2D eigenvalue weighted by atomic mass is 35.5. The molecule has 0 amide bonds. The zero-order valence-electron chi connectivity index (χ0n) is 10.7. The van der Waals surface area contributed by atoms with Crippen LogP contribution in [0.15, 0.2) is 12.1 Å². The Hall–Kier alpha value is -0.770. The lowest BCUT2D eigenvalue weighted by Gasteiger charge is -2.19. The normalized spacial score (nSPS) is 14.5. The molecule has 0 aliphatic heterocycles. The summed E-state index contributed by atoms with van der Waals surface area (Å²) in [6.45, 7) is 4.76. The topological polar surface area (TPSA) is 61.3 Å². The highest BCUT2D eigenvalue weighted by molar-refractivity contribution is 6.32. The Morgan fingerprint density at radius 1 is 1.41 bits per heavy atom. The molecule has 2 unspecified atom stereocenters. The van der Waals surface area contributed by atoms with E-state index in [1.54, 1.807) is 7.11 Å². The molecule has 2 atom stereocenters. The Balaban J connectivity index is 2.94. The van der Waals surface area contributed by atoms with Crippen molar-refractivity contribution in [3.63, 3.8) is 0 Å². The second kappa shape index (κ2) is 6.24. The van der Waals surface area contributed by atoms with Crippen molar-refractivity contribution in [2.45, 2.75) is 26.3 Å². The summed E-state index contributed by atoms with van der Waals surface area (Å²) in [5.74, 6) is 1.09. The van der Waals surface area contributed by atoms with Gasteiger partial charge in [-0.3, -0.25) is 0 Å². The number of nitrogens with two attached hydrogens (primary N) is 2. The van der Waals surface area contributed by atoms with Crippen LogP contribution in [-0.2, 0) is 0 Å². The summed E-state index contributed by atoms with van der Waals surface area (Å²) in [6.07, 6.45) is 0.861. The molecule has 0 heterocycles. The molecule has 0 saturated carbocycles. The molecule has 0 aliphatic rings. The van der Waals surface area contributed by atoms with Crippen LogP contribution in [0.3, 0.4) is 0 Å². The van der Waals surface area contributed by atoms with Gasteiger partial charge in [0.1, 0.15) is 5.75 Å². The van der Waals surface area contributed by atoms with Crippen molar-refractivity contribution in [1.29, 1.82) is 0 Å². The summed E-state index contributed by atoms with van der Waals surface area (Å²) in [6, 6.07) is 3.78. The highest BCUT2D eigenvalue weighted by Gasteiger charge is 2.15. The maximum Gasteiger partial charge on any atom is 0.137 e. The maximum absolute atomic E-state index is 6.18. The molecule has 17 heavy (non-hydrogen) atoms. The predicted octanol–water partition coefficient (Wildman–Crippen LogP) is 2.64. The van der Waals surface area contributed by atoms with E-state index in [4.69, 9.17) is 27.8 Å². The summed E-state index contributed by atoms with van der Waals surface area (Å²) >= 11 is 6.11. The molecule has 96 valence electrons. The van der Waals surface area contributed by atoms with Crippen LogP contribution < -0.4 is 16.2 Å². The smallest absolute Gasteiger partial charge is 0.137 e. The van der Waals surface area contributed by atoms with E-state index in [2.05, 4.69) is 6.92 Å². The van der Waals surface area contributed by atoms with E-state index >= 15 is 0 Å². The molecule has 0 fully saturated rings. The third-order valence-electron chi connectivity index (χ3n) is 3.00. The lowest BCUT2D eigenvalue weighted by atomic mass is 9.93. The summed E-state index contributed by atoms with van der Waals surface area (Å²) in [5, 5.41) is 0.601. The lowest BCUT2D eigenvalue weighted by molar-refractivity contribution is 0.414. The van der Waals surface area contributed by atoms with Gasteiger partial charge in [0.25, 0.3) is 0 Å². The van der Waals surface area contributed by atoms with Crippen LogP contribution in [0.25, 0.3) is 0 Å². The van der Waals surface area contributed by atoms with Crippen molar-refractivity contribution in [3.8, 4) is 5.75 Å². The Kier molecular flexibility index (Phi) is 5.25. The third-order valence-corrected chi connectivity index (χ3v) is 3.29. The van der Waals surface area contributed by atoms with Crippen molar-refractivity contribution in [2.24, 2.45) is 17.4 Å². The van der Waals surface area contributed by atoms with Gasteiger partial charge < -0.3 is 16.2 Å². The fourth-order valence-electron chi connectivity index (χ4n) is 1.88. The average Bonchev–Trinajstić information content (AvgIpc) is 2.31. The number of methoxy groups -OCH3 is 1. The minimum absolute atomic E-state index is 0.0306. The Labute approximate surface area is 108 Å². The van der Waals surface area contributed by atoms with Crippen molar-refractivity contribution < 1.29 is 4.74 Å². The Morgan fingerprint density at radius 3 is 2.59 bits per heavy atom. The molecule has 3 nitrogen and oxygen atoms in total. The van der Waals surface area contributed by atoms with E-state index in [9.17, 15) is 0 Å². The largest absolute Gasteiger partial charge is 0.495 e. The summed E-state index contributed by atoms with van der Waals surface area (Å²) in [4.78, 5) is 0. The van der Waals surface area contributed by atoms with Crippen LogP contribution in [-0.4, -0.2) is 13.7 Å². The van der Waals surface area contributed by atoms with Gasteiger partial charge >= 0.3 is 0 Å². The van der Waals surface area contributed by atoms with Gasteiger partial charge in [0.05, 0.1) is 12.1 Å². The number of hydrogen-bond donors (Lipinski definition) is 2. The van der Waals surface area contributed by atoms with Gasteiger partial charge in [-0.05, 0) is 49.1 Å². The van der Waals surface area contributed by atoms with Gasteiger partial charge in [-0.25, -0.2) is 0 Å². The number of benzene rings is 1. The first kappa shape index (κ1) is 14.3. The van der Waals surface area contributed by atoms with Gasteiger partial charge in [-0.15, -0.1) is 0 Å². The molecule has 0 aliphatic carbocycles. The summed E-state index contributed by atoms with van der Waals surface area (Å²) in [7, 11) is 1.61. The van der Waals surface area contributed by atoms with Crippen molar-refractivity contribution in [3.05, 3.63) is 28.3 Å². The molecular weight excluding hydrogens is 236 g/mol. The minimum atomic E-state index is -0.0306. The summed E-state index contributed by atoms with van der Waals surface area (Å²) < 4.78 is 5.17. The molecule has 4 N–H and O–H groups in total. The van der Waals surface area contributed by atoms with E-state index in [0.29, 0.717) is 23.2 Å². The molecule has 0 radical (unpaired) electrons. The standard InChI is InChI=1S/C13H21ClN2O/c1-8(7-15)4-12(16)10-6-11(14)13(17-3)5-9(10)2/h5-6,8,12H,4,7,15-16H2,1-3H3. The molecular formula is C13H21ClN2O. The second-order valence-electron chi connectivity index (χ2n) is 4.53. The molecule has 4 heteroatoms. The van der Waals surface area contributed by atoms with Crippen LogP contribution in [0.2, 0.25) is 5.02 Å². The highest BCUT2D eigenvalue weighted by Crippen LogP contribution is 2.31. The van der Waals surface area contributed by atoms with E-state index in [0.717, 1.165) is 17.5 Å². The molecule has 1 aromatic rings. The number of ether oxygens (including phenoxy) is 1. The van der Waals surface area contributed by atoms with Gasteiger partial charge in [0.15, 0.2) is 0 Å². The molecule has 0 spiro atoms. The Bertz CT molecular complexity index is 382. The molecule has 1 rings (SSSR count). The van der Waals surface area contributed by atoms with Gasteiger partial charge in [0, 0.05) is 6.04 Å². The lowest BCUT2D eigenvalue weighted by Crippen LogP contribution is -2.20. The van der Waals surface area contributed by atoms with Gasteiger partial charge in [0.2, 0.25) is 0 Å².